The fourth-order valence-corrected chi connectivity index (χ4v) is 8.88. The molecule has 0 aliphatic heterocycles. The molecule has 8 nitrogen and oxygen atoms in total. The van der Waals surface area contributed by atoms with Crippen molar-refractivity contribution in [1.29, 1.82) is 0 Å². The number of hydrogen-bond acceptors (Lipinski definition) is 10. The van der Waals surface area contributed by atoms with Gasteiger partial charge in [0.1, 0.15) is 0 Å². The van der Waals surface area contributed by atoms with Gasteiger partial charge in [0.2, 0.25) is 17.7 Å². The Bertz CT molecular complexity index is 545. The molecule has 0 N–H and O–H groups in total. The summed E-state index contributed by atoms with van der Waals surface area (Å²) < 4.78 is 87.9. The summed E-state index contributed by atoms with van der Waals surface area (Å²) in [5, 5.41) is 0. The summed E-state index contributed by atoms with van der Waals surface area (Å²) in [7, 11) is -5.45. The van der Waals surface area contributed by atoms with Crippen LogP contribution >= 0.6 is 21.6 Å². The standard InChI is InChI=1S/C10H22O8S6/c11-21(12)7-1-3-9-23(15,16)19-5-6-20-24(17,18)10-4-2-8-22(13)14/h1-10H2,(H,11,12)(H,13,14)/p-2. The Morgan fingerprint density at radius 2 is 1.00 bits per heavy atom. The van der Waals surface area contributed by atoms with Crippen LogP contribution in [0.25, 0.3) is 0 Å². The maximum absolute atomic E-state index is 11.7. The van der Waals surface area contributed by atoms with E-state index in [1.54, 1.807) is 0 Å². The third kappa shape index (κ3) is 16.3. The lowest BCUT2D eigenvalue weighted by Crippen LogP contribution is -2.07. The third-order valence-corrected chi connectivity index (χ3v) is 11.2. The normalized spacial score (nSPS) is 15.2. The first kappa shape index (κ1) is 24.8. The minimum atomic E-state index is -3.39. The molecule has 0 aliphatic carbocycles. The molecular weight excluding hydrogens is 441 g/mol. The van der Waals surface area contributed by atoms with Crippen LogP contribution in [0.1, 0.15) is 25.7 Å². The van der Waals surface area contributed by atoms with Gasteiger partial charge in [0.15, 0.2) is 0 Å². The molecule has 0 radical (unpaired) electrons. The second-order valence-corrected chi connectivity index (χ2v) is 15.4. The molecule has 14 heteroatoms. The molecule has 0 rings (SSSR count). The van der Waals surface area contributed by atoms with E-state index in [-0.39, 0.29) is 60.2 Å². The van der Waals surface area contributed by atoms with Gasteiger partial charge in [0.05, 0.1) is 11.5 Å². The topological polar surface area (TPSA) is 149 Å². The molecule has 0 amide bonds. The van der Waals surface area contributed by atoms with Gasteiger partial charge in [-0.05, 0) is 47.3 Å². The zero-order chi connectivity index (χ0) is 18.6. The lowest BCUT2D eigenvalue weighted by molar-refractivity contribution is 0.532. The molecule has 146 valence electrons. The molecule has 0 spiro atoms. The van der Waals surface area contributed by atoms with E-state index in [9.17, 15) is 34.4 Å². The van der Waals surface area contributed by atoms with Gasteiger partial charge in [0.25, 0.3) is 0 Å². The first-order valence-electron chi connectivity index (χ1n) is 6.90. The summed E-state index contributed by atoms with van der Waals surface area (Å²) in [6, 6.07) is 0. The van der Waals surface area contributed by atoms with Gasteiger partial charge in [-0.3, -0.25) is 8.42 Å². The van der Waals surface area contributed by atoms with E-state index in [1.165, 1.54) is 0 Å². The zero-order valence-corrected chi connectivity index (χ0v) is 17.7. The summed E-state index contributed by atoms with van der Waals surface area (Å²) >= 11 is -4.35. The Morgan fingerprint density at radius 1 is 0.667 bits per heavy atom. The summed E-state index contributed by atoms with van der Waals surface area (Å²) in [5.74, 6) is -0.200. The molecule has 0 aromatic carbocycles. The Hall–Kier alpha value is 0.820. The van der Waals surface area contributed by atoms with E-state index in [0.717, 1.165) is 0 Å². The number of rotatable bonds is 15. The second-order valence-electron chi connectivity index (χ2n) is 4.60. The molecule has 0 heterocycles. The van der Waals surface area contributed by atoms with Crippen molar-refractivity contribution < 1.29 is 34.4 Å². The largest absolute Gasteiger partial charge is 0.772 e. The zero-order valence-electron chi connectivity index (χ0n) is 12.8. The van der Waals surface area contributed by atoms with E-state index in [2.05, 4.69) is 0 Å². The predicted molar refractivity (Wildman–Crippen MR) is 98.5 cm³/mol. The first-order valence-corrected chi connectivity index (χ1v) is 15.7. The van der Waals surface area contributed by atoms with Crippen molar-refractivity contribution in [2.75, 3.05) is 34.5 Å². The summed E-state index contributed by atoms with van der Waals surface area (Å²) in [6.45, 7) is 0. The lowest BCUT2D eigenvalue weighted by atomic mass is 10.4. The van der Waals surface area contributed by atoms with Crippen molar-refractivity contribution in [3.8, 4) is 0 Å². The van der Waals surface area contributed by atoms with Crippen molar-refractivity contribution >= 4 is 61.5 Å². The Morgan fingerprint density at radius 3 is 1.29 bits per heavy atom. The van der Waals surface area contributed by atoms with Gasteiger partial charge in [-0.25, -0.2) is 16.8 Å². The Kier molecular flexibility index (Phi) is 13.5. The summed E-state index contributed by atoms with van der Waals surface area (Å²) in [4.78, 5) is 0. The maximum atomic E-state index is 11.7. The van der Waals surface area contributed by atoms with E-state index >= 15 is 0 Å². The van der Waals surface area contributed by atoms with Crippen LogP contribution in [0.15, 0.2) is 0 Å². The molecule has 2 atom stereocenters. The fraction of sp³-hybridized carbons (Fsp3) is 1.00. The minimum absolute atomic E-state index is 0.0752. The van der Waals surface area contributed by atoms with Crippen LogP contribution in [0.3, 0.4) is 0 Å². The third-order valence-electron chi connectivity index (χ3n) is 2.52. The maximum Gasteiger partial charge on any atom is 0.201 e. The van der Waals surface area contributed by atoms with Gasteiger partial charge in [0, 0.05) is 23.0 Å². The molecule has 0 aromatic heterocycles. The smallest absolute Gasteiger partial charge is 0.201 e. The highest BCUT2D eigenvalue weighted by molar-refractivity contribution is 8.73. The second kappa shape index (κ2) is 13.1. The van der Waals surface area contributed by atoms with Crippen LogP contribution in [-0.2, 0) is 39.9 Å². The van der Waals surface area contributed by atoms with E-state index in [0.29, 0.717) is 21.6 Å². The average molecular weight is 461 g/mol. The average Bonchev–Trinajstić information content (AvgIpc) is 2.44. The molecule has 0 saturated heterocycles. The molecular formula is C10H20O8S6-2. The highest BCUT2D eigenvalue weighted by Gasteiger charge is 2.14. The van der Waals surface area contributed by atoms with Crippen LogP contribution in [0.4, 0.5) is 0 Å². The van der Waals surface area contributed by atoms with Crippen molar-refractivity contribution in [2.45, 2.75) is 25.7 Å². The molecule has 0 aliphatic rings. The van der Waals surface area contributed by atoms with Gasteiger partial charge in [-0.1, -0.05) is 22.2 Å². The minimum Gasteiger partial charge on any atom is -0.772 e. The SMILES string of the molecule is O=S([O-])CCCCS(=O)(=O)SCCSS(=O)(=O)CCCCS(=O)[O-]. The van der Waals surface area contributed by atoms with Crippen LogP contribution in [-0.4, -0.2) is 68.9 Å². The Balaban J connectivity index is 3.88. The molecule has 24 heavy (non-hydrogen) atoms. The molecule has 0 saturated carbocycles. The first-order chi connectivity index (χ1) is 11.0. The van der Waals surface area contributed by atoms with Crippen LogP contribution < -0.4 is 0 Å². The van der Waals surface area contributed by atoms with Gasteiger partial charge in [-0.15, -0.1) is 0 Å². The fourth-order valence-electron chi connectivity index (χ4n) is 1.44. The molecule has 0 bridgehead atoms. The van der Waals surface area contributed by atoms with Crippen molar-refractivity contribution in [3.63, 3.8) is 0 Å². The number of hydrogen-bond donors (Lipinski definition) is 0. The van der Waals surface area contributed by atoms with Gasteiger partial charge >= 0.3 is 0 Å². The quantitative estimate of drug-likeness (QED) is 0.191. The number of unbranched alkanes of at least 4 members (excludes halogenated alkanes) is 2. The van der Waals surface area contributed by atoms with Crippen molar-refractivity contribution in [1.82, 2.24) is 0 Å². The van der Waals surface area contributed by atoms with Crippen LogP contribution in [0, 0.1) is 0 Å². The van der Waals surface area contributed by atoms with Crippen molar-refractivity contribution in [3.05, 3.63) is 0 Å². The molecule has 0 aromatic rings. The van der Waals surface area contributed by atoms with Crippen LogP contribution in [0.5, 0.6) is 0 Å². The summed E-state index contributed by atoms with van der Waals surface area (Å²) in [5.41, 5.74) is 0. The monoisotopic (exact) mass is 460 g/mol. The van der Waals surface area contributed by atoms with Crippen molar-refractivity contribution in [2.24, 2.45) is 0 Å². The Labute approximate surface area is 155 Å². The molecule has 2 unspecified atom stereocenters. The van der Waals surface area contributed by atoms with Crippen LogP contribution in [0.2, 0.25) is 0 Å². The van der Waals surface area contributed by atoms with E-state index in [1.807, 2.05) is 0 Å². The summed E-state index contributed by atoms with van der Waals surface area (Å²) in [6.07, 6.45) is 1.03. The predicted octanol–water partition coefficient (Wildman–Crippen LogP) is 0.431. The highest BCUT2D eigenvalue weighted by Crippen LogP contribution is 2.21. The molecule has 0 fully saturated rings. The highest BCUT2D eigenvalue weighted by atomic mass is 33.1. The van der Waals surface area contributed by atoms with E-state index in [4.69, 9.17) is 0 Å². The lowest BCUT2D eigenvalue weighted by Gasteiger charge is -2.07. The van der Waals surface area contributed by atoms with Gasteiger partial charge < -0.3 is 9.11 Å². The van der Waals surface area contributed by atoms with Gasteiger partial charge in [-0.2, -0.15) is 0 Å². The van der Waals surface area contributed by atoms with E-state index < -0.39 is 39.9 Å².